The highest BCUT2D eigenvalue weighted by Gasteiger charge is 2.61. The molecule has 78 heavy (non-hydrogen) atoms. The molecular formula is C72H72BN5. The third kappa shape index (κ3) is 5.79. The van der Waals surface area contributed by atoms with E-state index in [1.165, 1.54) is 159 Å². The van der Waals surface area contributed by atoms with E-state index in [4.69, 9.17) is 0 Å². The van der Waals surface area contributed by atoms with E-state index >= 15 is 0 Å². The molecule has 16 rings (SSSR count). The number of nitrogens with zero attached hydrogens (tertiary/aromatic N) is 5. The van der Waals surface area contributed by atoms with Crippen molar-refractivity contribution in [1.82, 2.24) is 0 Å². The molecule has 8 aromatic carbocycles. The lowest BCUT2D eigenvalue weighted by Crippen LogP contribution is -2.62. The normalized spacial score (nSPS) is 28.7. The molecule has 5 heterocycles. The van der Waals surface area contributed by atoms with Gasteiger partial charge in [0.15, 0.2) is 0 Å². The molecule has 8 aliphatic rings. The molecule has 6 atom stereocenters. The third-order valence-corrected chi connectivity index (χ3v) is 22.9. The van der Waals surface area contributed by atoms with Crippen molar-refractivity contribution in [2.45, 2.75) is 151 Å². The lowest BCUT2D eigenvalue weighted by Gasteiger charge is -2.52. The van der Waals surface area contributed by atoms with Crippen LogP contribution in [0.2, 0.25) is 0 Å². The fourth-order valence-electron chi connectivity index (χ4n) is 18.4. The van der Waals surface area contributed by atoms with Crippen LogP contribution in [0.15, 0.2) is 182 Å². The maximum atomic E-state index is 2.81. The van der Waals surface area contributed by atoms with Gasteiger partial charge in [-0.05, 0) is 171 Å². The van der Waals surface area contributed by atoms with Gasteiger partial charge >= 0.3 is 0 Å². The average molecular weight is 1020 g/mol. The number of para-hydroxylation sites is 5. The summed E-state index contributed by atoms with van der Waals surface area (Å²) in [6.45, 7) is 15.4. The summed E-state index contributed by atoms with van der Waals surface area (Å²) < 4.78 is 0. The molecule has 0 amide bonds. The number of anilines is 12. The third-order valence-electron chi connectivity index (χ3n) is 22.9. The summed E-state index contributed by atoms with van der Waals surface area (Å²) in [5.74, 6) is 0. The minimum absolute atomic E-state index is 0.00421. The summed E-state index contributed by atoms with van der Waals surface area (Å²) in [5.41, 5.74) is 23.8. The van der Waals surface area contributed by atoms with Crippen molar-refractivity contribution in [3.63, 3.8) is 0 Å². The van der Waals surface area contributed by atoms with Crippen LogP contribution in [0, 0.1) is 0 Å². The zero-order chi connectivity index (χ0) is 52.6. The molecule has 6 heteroatoms. The summed E-state index contributed by atoms with van der Waals surface area (Å²) >= 11 is 0. The summed E-state index contributed by atoms with van der Waals surface area (Å²) in [4.78, 5) is 13.7. The van der Waals surface area contributed by atoms with E-state index in [0.29, 0.717) is 0 Å². The highest BCUT2D eigenvalue weighted by molar-refractivity contribution is 7.00. The second-order valence-corrected chi connectivity index (χ2v) is 26.2. The van der Waals surface area contributed by atoms with Gasteiger partial charge < -0.3 is 24.5 Å². The van der Waals surface area contributed by atoms with Crippen molar-refractivity contribution >= 4 is 91.3 Å². The monoisotopic (exact) mass is 1020 g/mol. The Hall–Kier alpha value is -7.18. The first-order valence-corrected chi connectivity index (χ1v) is 29.8. The van der Waals surface area contributed by atoms with Gasteiger partial charge in [-0.1, -0.05) is 162 Å². The molecule has 8 aromatic rings. The Morgan fingerprint density at radius 2 is 0.615 bits per heavy atom. The first-order chi connectivity index (χ1) is 37.9. The Morgan fingerprint density at radius 3 is 1.00 bits per heavy atom. The number of rotatable bonds is 5. The van der Waals surface area contributed by atoms with Crippen LogP contribution in [-0.4, -0.2) is 23.3 Å². The van der Waals surface area contributed by atoms with Gasteiger partial charge in [-0.15, -0.1) is 0 Å². The first kappa shape index (κ1) is 46.9. The van der Waals surface area contributed by atoms with E-state index < -0.39 is 0 Å². The molecule has 0 aromatic heterocycles. The first-order valence-electron chi connectivity index (χ1n) is 29.8. The van der Waals surface area contributed by atoms with Gasteiger partial charge in [0.1, 0.15) is 0 Å². The quantitative estimate of drug-likeness (QED) is 0.159. The van der Waals surface area contributed by atoms with Crippen molar-refractivity contribution < 1.29 is 0 Å². The van der Waals surface area contributed by atoms with Crippen LogP contribution in [0.3, 0.4) is 0 Å². The van der Waals surface area contributed by atoms with E-state index in [9.17, 15) is 0 Å². The van der Waals surface area contributed by atoms with Crippen molar-refractivity contribution in [2.75, 3.05) is 24.5 Å². The van der Waals surface area contributed by atoms with Crippen LogP contribution in [0.1, 0.15) is 135 Å². The van der Waals surface area contributed by atoms with Crippen LogP contribution >= 0.6 is 0 Å². The average Bonchev–Trinajstić information content (AvgIpc) is 3.49. The Bertz CT molecular complexity index is 3580. The van der Waals surface area contributed by atoms with Gasteiger partial charge in [0.05, 0.1) is 16.6 Å². The topological polar surface area (TPSA) is 16.2 Å². The van der Waals surface area contributed by atoms with E-state index in [2.05, 4.69) is 248 Å². The molecular weight excluding hydrogens is 946 g/mol. The second-order valence-electron chi connectivity index (χ2n) is 26.2. The smallest absolute Gasteiger partial charge is 0.252 e. The van der Waals surface area contributed by atoms with Gasteiger partial charge in [0, 0.05) is 84.5 Å². The zero-order valence-corrected chi connectivity index (χ0v) is 46.6. The van der Waals surface area contributed by atoms with Crippen molar-refractivity contribution in [3.8, 4) is 0 Å². The SMILES string of the molecule is CC12CCCCC1(C)N(c1ccc3c(c1)N(c1ccccc1)c1cc(N4c5ccccc5C5(C)CCCCC45C)cc4c1B3c1ccc(N3c5ccccc5C5(C)CCCCC35C)cc1N4c1ccccc1)c1ccccc12. The molecule has 5 nitrogen and oxygen atoms in total. The summed E-state index contributed by atoms with van der Waals surface area (Å²) in [7, 11) is 0. The Labute approximate surface area is 463 Å². The minimum Gasteiger partial charge on any atom is -0.334 e. The summed E-state index contributed by atoms with van der Waals surface area (Å²) in [6.07, 6.45) is 14.6. The van der Waals surface area contributed by atoms with Gasteiger partial charge in [0.2, 0.25) is 0 Å². The van der Waals surface area contributed by atoms with Crippen molar-refractivity contribution in [1.29, 1.82) is 0 Å². The lowest BCUT2D eigenvalue weighted by molar-refractivity contribution is 0.195. The predicted octanol–water partition coefficient (Wildman–Crippen LogP) is 17.0. The maximum absolute atomic E-state index is 2.81. The summed E-state index contributed by atoms with van der Waals surface area (Å²) in [6, 6.07) is 71.4. The molecule has 3 aliphatic carbocycles. The van der Waals surface area contributed by atoms with E-state index in [0.717, 1.165) is 19.3 Å². The van der Waals surface area contributed by atoms with E-state index in [-0.39, 0.29) is 39.6 Å². The largest absolute Gasteiger partial charge is 0.334 e. The fourth-order valence-corrected chi connectivity index (χ4v) is 18.4. The van der Waals surface area contributed by atoms with Crippen LogP contribution in [-0.2, 0) is 16.2 Å². The Balaban J connectivity index is 0.991. The summed E-state index contributed by atoms with van der Waals surface area (Å²) in [5, 5.41) is 0. The zero-order valence-electron chi connectivity index (χ0n) is 46.6. The molecule has 0 radical (unpaired) electrons. The number of hydrogen-bond donors (Lipinski definition) is 0. The number of fused-ring (bicyclic) bond motifs is 13. The molecule has 0 bridgehead atoms. The molecule has 5 aliphatic heterocycles. The standard InChI is InChI=1S/C72H72BN5/c1-67-39-19-22-42-70(67,4)76(59-32-16-13-29-54(59)67)51-35-37-57-62(45-51)74(49-25-9-7-10-26-49)64-47-53(78-61-34-18-15-31-56(61)69(3)41-21-24-44-72(69,78)6)48-65-66(64)73(57)58-38-36-52(46-63(58)75(65)50-27-11-8-12-28-50)77-60-33-17-14-30-55(60)68(2)40-20-23-43-71(68,77)5/h7-18,25-38,45-48H,19-24,39-44H2,1-6H3. The van der Waals surface area contributed by atoms with Gasteiger partial charge in [0.25, 0.3) is 6.71 Å². The number of benzene rings is 8. The minimum atomic E-state index is -0.125. The van der Waals surface area contributed by atoms with E-state index in [1.54, 1.807) is 0 Å². The molecule has 3 fully saturated rings. The second kappa shape index (κ2) is 16.2. The van der Waals surface area contributed by atoms with Crippen LogP contribution in [0.25, 0.3) is 0 Å². The maximum Gasteiger partial charge on any atom is 0.252 e. The molecule has 388 valence electrons. The highest BCUT2D eigenvalue weighted by atomic mass is 15.3. The fraction of sp³-hybridized carbons (Fsp3) is 0.333. The molecule has 0 N–H and O–H groups in total. The van der Waals surface area contributed by atoms with Crippen LogP contribution in [0.4, 0.5) is 68.2 Å². The molecule has 0 spiro atoms. The Morgan fingerprint density at radius 1 is 0.295 bits per heavy atom. The predicted molar refractivity (Wildman–Crippen MR) is 329 cm³/mol. The van der Waals surface area contributed by atoms with Gasteiger partial charge in [-0.2, -0.15) is 0 Å². The van der Waals surface area contributed by atoms with Crippen molar-refractivity contribution in [2.24, 2.45) is 0 Å². The molecule has 0 saturated heterocycles. The Kier molecular flexibility index (Phi) is 9.74. The van der Waals surface area contributed by atoms with Gasteiger partial charge in [-0.25, -0.2) is 0 Å². The van der Waals surface area contributed by atoms with Crippen LogP contribution < -0.4 is 40.9 Å². The van der Waals surface area contributed by atoms with Crippen molar-refractivity contribution in [3.05, 3.63) is 199 Å². The van der Waals surface area contributed by atoms with Gasteiger partial charge in [-0.3, -0.25) is 0 Å². The van der Waals surface area contributed by atoms with E-state index in [1.807, 2.05) is 0 Å². The lowest BCUT2D eigenvalue weighted by atomic mass is 9.33. The molecule has 6 unspecified atom stereocenters. The number of hydrogen-bond acceptors (Lipinski definition) is 5. The molecule has 3 saturated carbocycles. The van der Waals surface area contributed by atoms with Crippen LogP contribution in [0.5, 0.6) is 0 Å². The highest BCUT2D eigenvalue weighted by Crippen LogP contribution is 2.65.